The number of carbonyl (C=O) groups is 1. The van der Waals surface area contributed by atoms with E-state index in [9.17, 15) is 18.4 Å². The number of H-pyrrole nitrogens is 1. The van der Waals surface area contributed by atoms with E-state index in [1.54, 1.807) is 0 Å². The quantitative estimate of drug-likeness (QED) is 0.755. The van der Waals surface area contributed by atoms with Crippen molar-refractivity contribution in [1.29, 1.82) is 0 Å². The first-order chi connectivity index (χ1) is 12.8. The second kappa shape index (κ2) is 7.93. The van der Waals surface area contributed by atoms with E-state index in [4.69, 9.17) is 16.3 Å². The predicted molar refractivity (Wildman–Crippen MR) is 95.9 cm³/mol. The minimum Gasteiger partial charge on any atom is -0.420 e. The van der Waals surface area contributed by atoms with Gasteiger partial charge < -0.3 is 24.7 Å². The van der Waals surface area contributed by atoms with Crippen molar-refractivity contribution in [3.63, 3.8) is 0 Å². The average Bonchev–Trinajstić information content (AvgIpc) is 2.63. The van der Waals surface area contributed by atoms with Gasteiger partial charge in [0, 0.05) is 36.6 Å². The summed E-state index contributed by atoms with van der Waals surface area (Å²) in [5, 5.41) is 2.62. The smallest absolute Gasteiger partial charge is 0.420 e. The molecule has 0 unspecified atom stereocenters. The topological polar surface area (TPSA) is 83.7 Å². The number of benzene rings is 1. The third kappa shape index (κ3) is 5.18. The zero-order chi connectivity index (χ0) is 19.4. The highest BCUT2D eigenvalue weighted by Gasteiger charge is 2.27. The number of morpholine rings is 1. The largest absolute Gasteiger partial charge is 0.487 e. The summed E-state index contributed by atoms with van der Waals surface area (Å²) >= 11 is 4.70. The van der Waals surface area contributed by atoms with Gasteiger partial charge in [-0.05, 0) is 30.3 Å². The van der Waals surface area contributed by atoms with Gasteiger partial charge in [-0.1, -0.05) is 0 Å². The number of alkyl halides is 3. The zero-order valence-corrected chi connectivity index (χ0v) is 14.8. The molecule has 1 amide bonds. The van der Waals surface area contributed by atoms with E-state index < -0.39 is 11.5 Å². The Bertz CT molecular complexity index is 862. The van der Waals surface area contributed by atoms with Gasteiger partial charge in [0.05, 0.1) is 18.8 Å². The number of ether oxygens (including phenoxy) is 2. The van der Waals surface area contributed by atoms with Crippen molar-refractivity contribution in [1.82, 2.24) is 4.98 Å². The molecule has 27 heavy (non-hydrogen) atoms. The fourth-order valence-corrected chi connectivity index (χ4v) is 2.67. The Morgan fingerprint density at radius 1 is 1.26 bits per heavy atom. The molecule has 1 aromatic heterocycles. The lowest BCUT2D eigenvalue weighted by Crippen LogP contribution is -2.39. The van der Waals surface area contributed by atoms with Crippen LogP contribution in [0.4, 0.5) is 20.2 Å². The Hall–Kier alpha value is -2.65. The molecule has 1 aliphatic heterocycles. The van der Waals surface area contributed by atoms with Crippen LogP contribution >= 0.6 is 11.6 Å². The zero-order valence-electron chi connectivity index (χ0n) is 14.0. The summed E-state index contributed by atoms with van der Waals surface area (Å²) in [6.45, 7) is 2.12. The van der Waals surface area contributed by atoms with Gasteiger partial charge in [-0.2, -0.15) is 0 Å². The first-order valence-electron chi connectivity index (χ1n) is 8.04. The van der Waals surface area contributed by atoms with Crippen LogP contribution in [0.25, 0.3) is 0 Å². The molecule has 0 spiro atoms. The van der Waals surface area contributed by atoms with Crippen molar-refractivity contribution in [2.24, 2.45) is 0 Å². The Balaban J connectivity index is 1.71. The normalized spacial score (nSPS) is 14.7. The second-order valence-corrected chi connectivity index (χ2v) is 6.17. The second-order valence-electron chi connectivity index (χ2n) is 5.73. The molecule has 0 aliphatic carbocycles. The van der Waals surface area contributed by atoms with Gasteiger partial charge in [0.25, 0.3) is 11.5 Å². The number of nitrogens with zero attached hydrogens (tertiary/aromatic N) is 1. The number of nitrogens with one attached hydrogen (secondary N) is 2. The van der Waals surface area contributed by atoms with Gasteiger partial charge in [-0.25, -0.2) is 0 Å². The van der Waals surface area contributed by atoms with E-state index >= 15 is 0 Å². The SMILES string of the molecule is O=C(Nc1ccc(OC(F)(F)Cl)cc1)c1c[nH]c(=O)c(N2CCOCC2)c1. The van der Waals surface area contributed by atoms with Crippen molar-refractivity contribution in [3.05, 3.63) is 52.4 Å². The van der Waals surface area contributed by atoms with Crippen LogP contribution in [0.3, 0.4) is 0 Å². The Kier molecular flexibility index (Phi) is 5.62. The summed E-state index contributed by atoms with van der Waals surface area (Å²) in [6.07, 6.45) is 1.31. The number of rotatable bonds is 5. The van der Waals surface area contributed by atoms with Crippen molar-refractivity contribution >= 4 is 28.9 Å². The van der Waals surface area contributed by atoms with E-state index in [-0.39, 0.29) is 16.9 Å². The lowest BCUT2D eigenvalue weighted by molar-refractivity contribution is -0.0964. The van der Waals surface area contributed by atoms with Gasteiger partial charge in [0.2, 0.25) is 0 Å². The Morgan fingerprint density at radius 3 is 2.56 bits per heavy atom. The van der Waals surface area contributed by atoms with Crippen LogP contribution in [0.15, 0.2) is 41.3 Å². The minimum absolute atomic E-state index is 0.147. The van der Waals surface area contributed by atoms with Crippen molar-refractivity contribution < 1.29 is 23.0 Å². The lowest BCUT2D eigenvalue weighted by atomic mass is 10.2. The van der Waals surface area contributed by atoms with Crippen LogP contribution in [0.2, 0.25) is 0 Å². The molecule has 1 aromatic carbocycles. The van der Waals surface area contributed by atoms with Crippen LogP contribution in [0.5, 0.6) is 5.75 Å². The molecule has 2 aromatic rings. The molecule has 0 bridgehead atoms. The van der Waals surface area contributed by atoms with Gasteiger partial charge in [-0.15, -0.1) is 8.78 Å². The van der Waals surface area contributed by atoms with Crippen LogP contribution in [-0.2, 0) is 4.74 Å². The van der Waals surface area contributed by atoms with Crippen molar-refractivity contribution in [2.45, 2.75) is 5.57 Å². The monoisotopic (exact) mass is 399 g/mol. The summed E-state index contributed by atoms with van der Waals surface area (Å²) in [6, 6.07) is 6.79. The number of pyridine rings is 1. The summed E-state index contributed by atoms with van der Waals surface area (Å²) in [4.78, 5) is 28.9. The van der Waals surface area contributed by atoms with Gasteiger partial charge in [0.15, 0.2) is 0 Å². The molecule has 1 saturated heterocycles. The summed E-state index contributed by atoms with van der Waals surface area (Å²) in [5.74, 6) is -0.608. The van der Waals surface area contributed by atoms with Crippen molar-refractivity contribution in [3.8, 4) is 5.75 Å². The number of aromatic nitrogens is 1. The summed E-state index contributed by atoms with van der Waals surface area (Å²) in [7, 11) is 0. The van der Waals surface area contributed by atoms with Crippen LogP contribution in [0.1, 0.15) is 10.4 Å². The fourth-order valence-electron chi connectivity index (χ4n) is 2.59. The first-order valence-corrected chi connectivity index (χ1v) is 8.42. The van der Waals surface area contributed by atoms with E-state index in [2.05, 4.69) is 15.0 Å². The van der Waals surface area contributed by atoms with Gasteiger partial charge in [0.1, 0.15) is 11.4 Å². The van der Waals surface area contributed by atoms with E-state index in [0.29, 0.717) is 37.7 Å². The number of hydrogen-bond donors (Lipinski definition) is 2. The first kappa shape index (κ1) is 19.1. The number of carbonyl (C=O) groups excluding carboxylic acids is 1. The molecular weight excluding hydrogens is 384 g/mol. The molecular formula is C17H16ClF2N3O4. The molecule has 2 heterocycles. The summed E-state index contributed by atoms with van der Waals surface area (Å²) < 4.78 is 34.7. The minimum atomic E-state index is -3.81. The molecule has 1 aliphatic rings. The standard InChI is InChI=1S/C17H16ClF2N3O4/c18-17(19,20)27-13-3-1-12(2-4-13)22-15(24)11-9-14(16(25)21-10-11)23-5-7-26-8-6-23/h1-4,9-10H,5-8H2,(H,21,25)(H,22,24). The van der Waals surface area contributed by atoms with E-state index in [1.807, 2.05) is 4.90 Å². The molecule has 0 atom stereocenters. The Labute approximate surface area is 157 Å². The van der Waals surface area contributed by atoms with Crippen LogP contribution < -0.4 is 20.5 Å². The van der Waals surface area contributed by atoms with Crippen molar-refractivity contribution in [2.75, 3.05) is 36.5 Å². The average molecular weight is 400 g/mol. The third-order valence-electron chi connectivity index (χ3n) is 3.84. The number of hydrogen-bond acceptors (Lipinski definition) is 5. The number of amides is 1. The van der Waals surface area contributed by atoms with Gasteiger partial charge >= 0.3 is 5.57 Å². The summed E-state index contributed by atoms with van der Waals surface area (Å²) in [5.41, 5.74) is -3.10. The highest BCUT2D eigenvalue weighted by molar-refractivity contribution is 6.20. The molecule has 10 heteroatoms. The molecule has 3 rings (SSSR count). The molecule has 0 saturated carbocycles. The fraction of sp³-hybridized carbons (Fsp3) is 0.294. The van der Waals surface area contributed by atoms with Crippen LogP contribution in [0, 0.1) is 0 Å². The van der Waals surface area contributed by atoms with Crippen LogP contribution in [-0.4, -0.2) is 42.8 Å². The molecule has 0 radical (unpaired) electrons. The lowest BCUT2D eigenvalue weighted by Gasteiger charge is -2.28. The van der Waals surface area contributed by atoms with E-state index in [1.165, 1.54) is 36.5 Å². The molecule has 7 nitrogen and oxygen atoms in total. The number of halogens is 3. The highest BCUT2D eigenvalue weighted by atomic mass is 35.5. The molecule has 2 N–H and O–H groups in total. The van der Waals surface area contributed by atoms with Gasteiger partial charge in [-0.3, -0.25) is 9.59 Å². The molecule has 144 valence electrons. The Morgan fingerprint density at radius 2 is 1.93 bits per heavy atom. The van der Waals surface area contributed by atoms with E-state index in [0.717, 1.165) is 0 Å². The predicted octanol–water partition coefficient (Wildman–Crippen LogP) is 2.63. The third-order valence-corrected chi connectivity index (χ3v) is 3.92. The maximum atomic E-state index is 12.6. The number of anilines is 2. The number of aromatic amines is 1. The molecule has 1 fully saturated rings. The highest BCUT2D eigenvalue weighted by Crippen LogP contribution is 2.26. The maximum absolute atomic E-state index is 12.6. The maximum Gasteiger partial charge on any atom is 0.487 e.